The summed E-state index contributed by atoms with van der Waals surface area (Å²) in [5, 5.41) is 0.101. The van der Waals surface area contributed by atoms with E-state index in [1.165, 1.54) is 11.3 Å². The maximum Gasteiger partial charge on any atom is 0.259 e. The smallest absolute Gasteiger partial charge is 0.259 e. The van der Waals surface area contributed by atoms with E-state index in [4.69, 9.17) is 0 Å². The molecule has 24 heavy (non-hydrogen) atoms. The fraction of sp³-hybridized carbons (Fsp3) is 0.471. The summed E-state index contributed by atoms with van der Waals surface area (Å²) in [7, 11) is -1.76. The SMILES string of the molecule is Cc1cccc(N2CCC(NS(=O)(=O)c3cn(C)c(C)n3)CC2)c1. The Morgan fingerprint density at radius 2 is 1.92 bits per heavy atom. The van der Waals surface area contributed by atoms with Crippen molar-refractivity contribution in [1.82, 2.24) is 14.3 Å². The van der Waals surface area contributed by atoms with Crippen LogP contribution in [0.5, 0.6) is 0 Å². The number of anilines is 1. The zero-order valence-corrected chi connectivity index (χ0v) is 15.2. The van der Waals surface area contributed by atoms with Gasteiger partial charge in [-0.2, -0.15) is 0 Å². The van der Waals surface area contributed by atoms with Crippen molar-refractivity contribution in [3.05, 3.63) is 41.9 Å². The number of imidazole rings is 1. The van der Waals surface area contributed by atoms with Crippen LogP contribution in [0, 0.1) is 13.8 Å². The van der Waals surface area contributed by atoms with E-state index in [0.717, 1.165) is 25.9 Å². The van der Waals surface area contributed by atoms with Gasteiger partial charge in [0.25, 0.3) is 10.0 Å². The second kappa shape index (κ2) is 6.57. The summed E-state index contributed by atoms with van der Waals surface area (Å²) in [6.45, 7) is 5.56. The lowest BCUT2D eigenvalue weighted by atomic mass is 10.1. The van der Waals surface area contributed by atoms with Crippen LogP contribution in [0.15, 0.2) is 35.5 Å². The molecule has 130 valence electrons. The summed E-state index contributed by atoms with van der Waals surface area (Å²) in [4.78, 5) is 6.43. The van der Waals surface area contributed by atoms with Gasteiger partial charge < -0.3 is 9.47 Å². The summed E-state index contributed by atoms with van der Waals surface area (Å²) in [5.74, 6) is 0.685. The van der Waals surface area contributed by atoms with Crippen LogP contribution in [0.4, 0.5) is 5.69 Å². The lowest BCUT2D eigenvalue weighted by Gasteiger charge is -2.33. The van der Waals surface area contributed by atoms with Gasteiger partial charge in [0.15, 0.2) is 5.03 Å². The van der Waals surface area contributed by atoms with E-state index in [1.807, 2.05) is 0 Å². The normalized spacial score (nSPS) is 16.5. The maximum atomic E-state index is 12.5. The first kappa shape index (κ1) is 17.0. The van der Waals surface area contributed by atoms with Gasteiger partial charge in [-0.15, -0.1) is 0 Å². The van der Waals surface area contributed by atoms with Crippen LogP contribution in [0.25, 0.3) is 0 Å². The Hall–Kier alpha value is -1.86. The molecule has 0 bridgehead atoms. The number of sulfonamides is 1. The number of nitrogens with zero attached hydrogens (tertiary/aromatic N) is 3. The highest BCUT2D eigenvalue weighted by Crippen LogP contribution is 2.22. The van der Waals surface area contributed by atoms with Crippen molar-refractivity contribution in [3.8, 4) is 0 Å². The van der Waals surface area contributed by atoms with Gasteiger partial charge in [0.05, 0.1) is 0 Å². The molecule has 1 saturated heterocycles. The second-order valence-corrected chi connectivity index (χ2v) is 8.12. The molecule has 0 unspecified atom stereocenters. The molecular formula is C17H24N4O2S. The first-order valence-corrected chi connectivity index (χ1v) is 9.67. The molecule has 0 radical (unpaired) electrons. The molecule has 1 N–H and O–H groups in total. The zero-order chi connectivity index (χ0) is 17.3. The topological polar surface area (TPSA) is 67.2 Å². The third kappa shape index (κ3) is 3.62. The molecule has 0 aliphatic carbocycles. The Balaban J connectivity index is 1.63. The van der Waals surface area contributed by atoms with Gasteiger partial charge in [-0.05, 0) is 44.4 Å². The third-order valence-electron chi connectivity index (χ3n) is 4.55. The van der Waals surface area contributed by atoms with Crippen LogP contribution in [-0.4, -0.2) is 37.1 Å². The third-order valence-corrected chi connectivity index (χ3v) is 5.94. The number of aryl methyl sites for hydroxylation is 3. The molecular weight excluding hydrogens is 324 g/mol. The van der Waals surface area contributed by atoms with Gasteiger partial charge in [0, 0.05) is 38.1 Å². The molecule has 1 aliphatic rings. The molecule has 0 spiro atoms. The van der Waals surface area contributed by atoms with E-state index < -0.39 is 10.0 Å². The molecule has 6 nitrogen and oxygen atoms in total. The summed E-state index contributed by atoms with van der Waals surface area (Å²) < 4.78 is 29.4. The molecule has 3 rings (SSSR count). The number of rotatable bonds is 4. The number of nitrogens with one attached hydrogen (secondary N) is 1. The summed E-state index contributed by atoms with van der Waals surface area (Å²) >= 11 is 0. The molecule has 0 amide bonds. The van der Waals surface area contributed by atoms with E-state index in [0.29, 0.717) is 5.82 Å². The highest BCUT2D eigenvalue weighted by atomic mass is 32.2. The van der Waals surface area contributed by atoms with E-state index in [-0.39, 0.29) is 11.1 Å². The summed E-state index contributed by atoms with van der Waals surface area (Å²) in [6.07, 6.45) is 3.14. The Bertz CT molecular complexity index is 801. The molecule has 1 aromatic heterocycles. The van der Waals surface area contributed by atoms with Crippen molar-refractivity contribution in [2.75, 3.05) is 18.0 Å². The fourth-order valence-electron chi connectivity index (χ4n) is 3.02. The molecule has 1 aliphatic heterocycles. The van der Waals surface area contributed by atoms with Gasteiger partial charge in [-0.25, -0.2) is 18.1 Å². The van der Waals surface area contributed by atoms with Gasteiger partial charge in [-0.3, -0.25) is 0 Å². The molecule has 2 heterocycles. The zero-order valence-electron chi connectivity index (χ0n) is 14.4. The maximum absolute atomic E-state index is 12.5. The van der Waals surface area contributed by atoms with Crippen LogP contribution < -0.4 is 9.62 Å². The van der Waals surface area contributed by atoms with Crippen LogP contribution in [0.2, 0.25) is 0 Å². The molecule has 2 aromatic rings. The van der Waals surface area contributed by atoms with E-state index >= 15 is 0 Å². The predicted molar refractivity (Wildman–Crippen MR) is 94.7 cm³/mol. The monoisotopic (exact) mass is 348 g/mol. The average Bonchev–Trinajstić information content (AvgIpc) is 2.88. The second-order valence-electron chi connectivity index (χ2n) is 6.46. The largest absolute Gasteiger partial charge is 0.371 e. The average molecular weight is 348 g/mol. The number of aromatic nitrogens is 2. The molecule has 1 aromatic carbocycles. The Morgan fingerprint density at radius 1 is 1.21 bits per heavy atom. The number of hydrogen-bond donors (Lipinski definition) is 1. The minimum absolute atomic E-state index is 0.0432. The van der Waals surface area contributed by atoms with E-state index in [2.05, 4.69) is 45.8 Å². The highest BCUT2D eigenvalue weighted by Gasteiger charge is 2.26. The van der Waals surface area contributed by atoms with Crippen LogP contribution in [0.1, 0.15) is 24.2 Å². The molecule has 1 fully saturated rings. The lowest BCUT2D eigenvalue weighted by molar-refractivity contribution is 0.459. The number of piperidine rings is 1. The van der Waals surface area contributed by atoms with E-state index in [1.54, 1.807) is 24.7 Å². The van der Waals surface area contributed by atoms with Crippen LogP contribution >= 0.6 is 0 Å². The Labute approximate surface area is 143 Å². The van der Waals surface area contributed by atoms with Crippen molar-refractivity contribution in [2.24, 2.45) is 7.05 Å². The lowest BCUT2D eigenvalue weighted by Crippen LogP contribution is -2.44. The summed E-state index contributed by atoms with van der Waals surface area (Å²) in [6, 6.07) is 8.37. The Morgan fingerprint density at radius 3 is 2.50 bits per heavy atom. The van der Waals surface area contributed by atoms with Crippen molar-refractivity contribution < 1.29 is 8.42 Å². The van der Waals surface area contributed by atoms with E-state index in [9.17, 15) is 8.42 Å². The standard InChI is InChI=1S/C17H24N4O2S/c1-13-5-4-6-16(11-13)21-9-7-15(8-10-21)19-24(22,23)17-12-20(3)14(2)18-17/h4-6,11-12,15,19H,7-10H2,1-3H3. The molecule has 7 heteroatoms. The molecule has 0 atom stereocenters. The van der Waals surface area contributed by atoms with Gasteiger partial charge in [0.2, 0.25) is 0 Å². The van der Waals surface area contributed by atoms with Crippen molar-refractivity contribution in [1.29, 1.82) is 0 Å². The van der Waals surface area contributed by atoms with Gasteiger partial charge in [0.1, 0.15) is 5.82 Å². The minimum Gasteiger partial charge on any atom is -0.371 e. The van der Waals surface area contributed by atoms with Crippen molar-refractivity contribution in [3.63, 3.8) is 0 Å². The molecule has 0 saturated carbocycles. The van der Waals surface area contributed by atoms with Crippen molar-refractivity contribution in [2.45, 2.75) is 37.8 Å². The first-order valence-electron chi connectivity index (χ1n) is 8.19. The van der Waals surface area contributed by atoms with Gasteiger partial charge in [-0.1, -0.05) is 12.1 Å². The summed E-state index contributed by atoms with van der Waals surface area (Å²) in [5.41, 5.74) is 2.44. The highest BCUT2D eigenvalue weighted by molar-refractivity contribution is 7.89. The quantitative estimate of drug-likeness (QED) is 0.917. The Kier molecular flexibility index (Phi) is 4.64. The predicted octanol–water partition coefficient (Wildman–Crippen LogP) is 1.98. The first-order chi connectivity index (χ1) is 11.3. The number of hydrogen-bond acceptors (Lipinski definition) is 4. The minimum atomic E-state index is -3.55. The number of benzene rings is 1. The van der Waals surface area contributed by atoms with Crippen molar-refractivity contribution >= 4 is 15.7 Å². The fourth-order valence-corrected chi connectivity index (χ4v) is 4.36. The van der Waals surface area contributed by atoms with Gasteiger partial charge >= 0.3 is 0 Å². The van der Waals surface area contributed by atoms with Crippen LogP contribution in [-0.2, 0) is 17.1 Å². The van der Waals surface area contributed by atoms with Crippen LogP contribution in [0.3, 0.4) is 0 Å².